The summed E-state index contributed by atoms with van der Waals surface area (Å²) in [6.45, 7) is 5.95. The lowest BCUT2D eigenvalue weighted by atomic mass is 9.58. The molecular formula is C24H27N5O2. The van der Waals surface area contributed by atoms with E-state index < -0.39 is 11.3 Å². The topological polar surface area (TPSA) is 119 Å². The van der Waals surface area contributed by atoms with Gasteiger partial charge in [-0.1, -0.05) is 26.0 Å². The predicted octanol–water partition coefficient (Wildman–Crippen LogP) is 3.09. The third-order valence-corrected chi connectivity index (χ3v) is 5.97. The molecule has 160 valence electrons. The van der Waals surface area contributed by atoms with Gasteiger partial charge in [0, 0.05) is 24.9 Å². The summed E-state index contributed by atoms with van der Waals surface area (Å²) in [5, 5.41) is 30.1. The van der Waals surface area contributed by atoms with Gasteiger partial charge in [0.25, 0.3) is 0 Å². The Balaban J connectivity index is 2.20. The van der Waals surface area contributed by atoms with Crippen molar-refractivity contribution in [1.29, 1.82) is 15.8 Å². The fourth-order valence-electron chi connectivity index (χ4n) is 4.45. The lowest BCUT2D eigenvalue weighted by Gasteiger charge is -2.45. The van der Waals surface area contributed by atoms with Gasteiger partial charge in [0.1, 0.15) is 6.07 Å². The van der Waals surface area contributed by atoms with E-state index in [1.807, 2.05) is 31.3 Å². The maximum atomic E-state index is 10.2. The maximum Gasteiger partial charge on any atom is 0.191 e. The predicted molar refractivity (Wildman–Crippen MR) is 116 cm³/mol. The number of likely N-dealkylation sites (N-methyl/N-ethyl adjacent to an activating group) is 1. The fraction of sp³-hybridized carbons (Fsp3) is 0.458. The van der Waals surface area contributed by atoms with Crippen molar-refractivity contribution >= 4 is 0 Å². The molecular weight excluding hydrogens is 390 g/mol. The Kier molecular flexibility index (Phi) is 6.25. The summed E-state index contributed by atoms with van der Waals surface area (Å²) in [7, 11) is 3.54. The minimum Gasteiger partial charge on any atom is -0.493 e. The van der Waals surface area contributed by atoms with Crippen molar-refractivity contribution in [1.82, 2.24) is 4.90 Å². The van der Waals surface area contributed by atoms with E-state index in [-0.39, 0.29) is 17.2 Å². The fourth-order valence-corrected chi connectivity index (χ4v) is 4.45. The largest absolute Gasteiger partial charge is 0.493 e. The molecule has 3 rings (SSSR count). The van der Waals surface area contributed by atoms with E-state index in [2.05, 4.69) is 37.0 Å². The van der Waals surface area contributed by atoms with Crippen LogP contribution in [0.3, 0.4) is 0 Å². The Hall–Kier alpha value is -3.47. The number of hydrogen-bond donors (Lipinski definition) is 1. The van der Waals surface area contributed by atoms with Crippen molar-refractivity contribution < 1.29 is 9.47 Å². The molecule has 7 heteroatoms. The second kappa shape index (κ2) is 8.72. The summed E-state index contributed by atoms with van der Waals surface area (Å²) >= 11 is 0. The number of nitrogens with zero attached hydrogens (tertiary/aromatic N) is 4. The molecule has 0 unspecified atom stereocenters. The molecule has 0 bridgehead atoms. The minimum absolute atomic E-state index is 0.0242. The van der Waals surface area contributed by atoms with Gasteiger partial charge in [0.05, 0.1) is 37.1 Å². The highest BCUT2D eigenvalue weighted by Gasteiger charge is 2.54. The van der Waals surface area contributed by atoms with Crippen molar-refractivity contribution in [3.8, 4) is 29.7 Å². The first-order chi connectivity index (χ1) is 14.8. The summed E-state index contributed by atoms with van der Waals surface area (Å²) < 4.78 is 11.4. The average Bonchev–Trinajstić information content (AvgIpc) is 2.77. The summed E-state index contributed by atoms with van der Waals surface area (Å²) in [5.41, 5.74) is 6.52. The third-order valence-electron chi connectivity index (χ3n) is 5.97. The van der Waals surface area contributed by atoms with Crippen molar-refractivity contribution in [3.63, 3.8) is 0 Å². The number of nitriles is 3. The summed E-state index contributed by atoms with van der Waals surface area (Å²) in [5.74, 6) is 0.709. The van der Waals surface area contributed by atoms with Crippen LogP contribution in [-0.4, -0.2) is 38.8 Å². The van der Waals surface area contributed by atoms with E-state index in [1.54, 1.807) is 7.11 Å². The Labute approximate surface area is 183 Å². The Morgan fingerprint density at radius 2 is 1.94 bits per heavy atom. The van der Waals surface area contributed by atoms with Crippen molar-refractivity contribution in [2.45, 2.75) is 19.8 Å². The number of allylic oxidation sites excluding steroid dienone is 2. The molecule has 1 aliphatic carbocycles. The minimum atomic E-state index is -1.66. The van der Waals surface area contributed by atoms with E-state index in [4.69, 9.17) is 15.2 Å². The standard InChI is InChI=1S/C24H27N5O2/c1-15(2)12-31-20-6-5-16(9-21(20)30-4)22-19-11-29(3)8-7-17(19)18(10-25)23(28)24(22,13-26)14-27/h5-7,9,15,19,22H,8,11-12,28H2,1-4H3/t19-,22+/m0/s1. The van der Waals surface area contributed by atoms with Gasteiger partial charge in [0.15, 0.2) is 16.9 Å². The van der Waals surface area contributed by atoms with Crippen LogP contribution in [0.15, 0.2) is 41.1 Å². The Morgan fingerprint density at radius 1 is 1.23 bits per heavy atom. The molecule has 2 N–H and O–H groups in total. The molecule has 2 aliphatic rings. The summed E-state index contributed by atoms with van der Waals surface area (Å²) in [6.07, 6.45) is 1.97. The van der Waals surface area contributed by atoms with E-state index in [0.717, 1.165) is 11.1 Å². The van der Waals surface area contributed by atoms with Gasteiger partial charge in [-0.25, -0.2) is 0 Å². The number of methoxy groups -OCH3 is 1. The number of benzene rings is 1. The van der Waals surface area contributed by atoms with Gasteiger partial charge in [-0.3, -0.25) is 0 Å². The molecule has 0 amide bonds. The number of fused-ring (bicyclic) bond motifs is 1. The van der Waals surface area contributed by atoms with Crippen molar-refractivity contribution in [2.24, 2.45) is 23.0 Å². The van der Waals surface area contributed by atoms with Crippen LogP contribution in [0.4, 0.5) is 0 Å². The molecule has 1 aromatic rings. The molecule has 1 aliphatic heterocycles. The van der Waals surface area contributed by atoms with Crippen LogP contribution in [0.2, 0.25) is 0 Å². The van der Waals surface area contributed by atoms with Crippen LogP contribution < -0.4 is 15.2 Å². The Morgan fingerprint density at radius 3 is 2.52 bits per heavy atom. The first-order valence-corrected chi connectivity index (χ1v) is 10.2. The van der Waals surface area contributed by atoms with Crippen LogP contribution in [0.1, 0.15) is 25.3 Å². The van der Waals surface area contributed by atoms with E-state index >= 15 is 0 Å². The first kappa shape index (κ1) is 22.2. The molecule has 0 fully saturated rings. The smallest absolute Gasteiger partial charge is 0.191 e. The van der Waals surface area contributed by atoms with Crippen LogP contribution in [0.5, 0.6) is 11.5 Å². The second-order valence-corrected chi connectivity index (χ2v) is 8.51. The molecule has 31 heavy (non-hydrogen) atoms. The van der Waals surface area contributed by atoms with E-state index in [0.29, 0.717) is 37.1 Å². The zero-order valence-corrected chi connectivity index (χ0v) is 18.3. The molecule has 2 atom stereocenters. The van der Waals surface area contributed by atoms with Gasteiger partial charge in [-0.15, -0.1) is 0 Å². The quantitative estimate of drug-likeness (QED) is 0.782. The molecule has 0 spiro atoms. The van der Waals surface area contributed by atoms with Crippen LogP contribution in [0.25, 0.3) is 0 Å². The lowest BCUT2D eigenvalue weighted by molar-refractivity contribution is 0.236. The molecule has 0 aromatic heterocycles. The second-order valence-electron chi connectivity index (χ2n) is 8.51. The van der Waals surface area contributed by atoms with Gasteiger partial charge in [-0.05, 0) is 36.2 Å². The van der Waals surface area contributed by atoms with Crippen molar-refractivity contribution in [2.75, 3.05) is 33.9 Å². The molecule has 1 aromatic carbocycles. The number of hydrogen-bond acceptors (Lipinski definition) is 7. The number of nitrogens with two attached hydrogens (primary N) is 1. The number of ether oxygens (including phenoxy) is 2. The average molecular weight is 418 g/mol. The monoisotopic (exact) mass is 417 g/mol. The molecule has 0 radical (unpaired) electrons. The third kappa shape index (κ3) is 3.72. The van der Waals surface area contributed by atoms with Gasteiger partial charge < -0.3 is 20.1 Å². The zero-order valence-electron chi connectivity index (χ0n) is 18.3. The molecule has 0 saturated carbocycles. The highest BCUT2D eigenvalue weighted by molar-refractivity contribution is 5.60. The Bertz CT molecular complexity index is 1040. The molecule has 0 saturated heterocycles. The van der Waals surface area contributed by atoms with Gasteiger partial charge >= 0.3 is 0 Å². The summed E-state index contributed by atoms with van der Waals surface area (Å²) in [4.78, 5) is 2.11. The lowest BCUT2D eigenvalue weighted by Crippen LogP contribution is -2.47. The van der Waals surface area contributed by atoms with E-state index in [1.165, 1.54) is 0 Å². The summed E-state index contributed by atoms with van der Waals surface area (Å²) in [6, 6.07) is 12.0. The SMILES string of the molecule is COc1cc([C@@H]2[C@H]3CN(C)CC=C3C(C#N)=C(N)C2(C#N)C#N)ccc1OCC(C)C. The van der Waals surface area contributed by atoms with Crippen LogP contribution in [0, 0.1) is 51.2 Å². The van der Waals surface area contributed by atoms with Crippen LogP contribution >= 0.6 is 0 Å². The number of rotatable bonds is 5. The highest BCUT2D eigenvalue weighted by Crippen LogP contribution is 2.54. The van der Waals surface area contributed by atoms with Gasteiger partial charge in [0.2, 0.25) is 0 Å². The van der Waals surface area contributed by atoms with Gasteiger partial charge in [-0.2, -0.15) is 15.8 Å². The first-order valence-electron chi connectivity index (χ1n) is 10.2. The normalized spacial score (nSPS) is 22.6. The van der Waals surface area contributed by atoms with Crippen molar-refractivity contribution in [3.05, 3.63) is 46.7 Å². The van der Waals surface area contributed by atoms with Crippen LogP contribution in [-0.2, 0) is 0 Å². The molecule has 7 nitrogen and oxygen atoms in total. The molecule has 1 heterocycles. The van der Waals surface area contributed by atoms with E-state index in [9.17, 15) is 15.8 Å². The zero-order chi connectivity index (χ0) is 22.8. The maximum absolute atomic E-state index is 10.2. The highest BCUT2D eigenvalue weighted by atomic mass is 16.5.